The number of anilines is 1. The van der Waals surface area contributed by atoms with Crippen molar-refractivity contribution in [1.82, 2.24) is 4.98 Å². The molecule has 0 amide bonds. The van der Waals surface area contributed by atoms with Crippen molar-refractivity contribution < 1.29 is 9.50 Å². The molecule has 2 rings (SSSR count). The quantitative estimate of drug-likeness (QED) is 0.777. The highest BCUT2D eigenvalue weighted by molar-refractivity contribution is 5.42. The third-order valence-electron chi connectivity index (χ3n) is 2.16. The van der Waals surface area contributed by atoms with Gasteiger partial charge in [0.25, 0.3) is 0 Å². The zero-order chi connectivity index (χ0) is 11.4. The van der Waals surface area contributed by atoms with Gasteiger partial charge in [0, 0.05) is 11.8 Å². The SMILES string of the molecule is OC(Nc1cccnc1)c1ccccc1F. The van der Waals surface area contributed by atoms with E-state index in [1.165, 1.54) is 12.1 Å². The van der Waals surface area contributed by atoms with Gasteiger partial charge < -0.3 is 10.4 Å². The molecule has 2 N–H and O–H groups in total. The maximum absolute atomic E-state index is 13.3. The third kappa shape index (κ3) is 2.35. The highest BCUT2D eigenvalue weighted by Crippen LogP contribution is 2.18. The van der Waals surface area contributed by atoms with Crippen molar-refractivity contribution in [2.75, 3.05) is 5.32 Å². The summed E-state index contributed by atoms with van der Waals surface area (Å²) in [7, 11) is 0. The second-order valence-corrected chi connectivity index (χ2v) is 3.31. The van der Waals surface area contributed by atoms with Crippen LogP contribution in [0, 0.1) is 5.82 Å². The van der Waals surface area contributed by atoms with Gasteiger partial charge in [-0.25, -0.2) is 4.39 Å². The normalized spacial score (nSPS) is 12.1. The van der Waals surface area contributed by atoms with Crippen molar-refractivity contribution in [3.05, 3.63) is 60.2 Å². The van der Waals surface area contributed by atoms with Crippen LogP contribution in [0.25, 0.3) is 0 Å². The van der Waals surface area contributed by atoms with Crippen LogP contribution in [-0.2, 0) is 0 Å². The van der Waals surface area contributed by atoms with Crippen LogP contribution in [0.2, 0.25) is 0 Å². The Morgan fingerprint density at radius 3 is 2.69 bits per heavy atom. The van der Waals surface area contributed by atoms with Gasteiger partial charge >= 0.3 is 0 Å². The number of nitrogens with one attached hydrogen (secondary N) is 1. The van der Waals surface area contributed by atoms with Gasteiger partial charge in [-0.1, -0.05) is 18.2 Å². The van der Waals surface area contributed by atoms with Gasteiger partial charge in [0.05, 0.1) is 11.9 Å². The predicted octanol–water partition coefficient (Wildman–Crippen LogP) is 2.32. The zero-order valence-electron chi connectivity index (χ0n) is 8.47. The van der Waals surface area contributed by atoms with Gasteiger partial charge in [0.15, 0.2) is 6.23 Å². The van der Waals surface area contributed by atoms with E-state index < -0.39 is 12.0 Å². The fraction of sp³-hybridized carbons (Fsp3) is 0.0833. The molecule has 3 nitrogen and oxygen atoms in total. The number of nitrogens with zero attached hydrogens (tertiary/aromatic N) is 1. The summed E-state index contributed by atoms with van der Waals surface area (Å²) >= 11 is 0. The lowest BCUT2D eigenvalue weighted by molar-refractivity contribution is 0.203. The summed E-state index contributed by atoms with van der Waals surface area (Å²) in [6, 6.07) is 9.57. The van der Waals surface area contributed by atoms with E-state index in [4.69, 9.17) is 0 Å². The molecule has 2 aromatic rings. The summed E-state index contributed by atoms with van der Waals surface area (Å²) < 4.78 is 13.3. The standard InChI is InChI=1S/C12H11FN2O/c13-11-6-2-1-5-10(11)12(16)15-9-4-3-7-14-8-9/h1-8,12,15-16H. The Morgan fingerprint density at radius 2 is 2.00 bits per heavy atom. The molecule has 1 atom stereocenters. The summed E-state index contributed by atoms with van der Waals surface area (Å²) in [4.78, 5) is 3.89. The molecule has 1 unspecified atom stereocenters. The van der Waals surface area contributed by atoms with Crippen molar-refractivity contribution in [3.8, 4) is 0 Å². The number of pyridine rings is 1. The van der Waals surface area contributed by atoms with E-state index in [1.54, 1.807) is 36.7 Å². The smallest absolute Gasteiger partial charge is 0.153 e. The van der Waals surface area contributed by atoms with E-state index in [0.717, 1.165) is 0 Å². The van der Waals surface area contributed by atoms with Crippen LogP contribution < -0.4 is 5.32 Å². The molecule has 0 saturated carbocycles. The van der Waals surface area contributed by atoms with E-state index in [-0.39, 0.29) is 5.56 Å². The number of halogens is 1. The Hall–Kier alpha value is -1.94. The van der Waals surface area contributed by atoms with Crippen LogP contribution in [0.15, 0.2) is 48.8 Å². The van der Waals surface area contributed by atoms with Gasteiger partial charge in [-0.3, -0.25) is 4.98 Å². The fourth-order valence-electron chi connectivity index (χ4n) is 1.38. The lowest BCUT2D eigenvalue weighted by Gasteiger charge is -2.14. The summed E-state index contributed by atoms with van der Waals surface area (Å²) in [5.74, 6) is -0.439. The topological polar surface area (TPSA) is 45.1 Å². The molecule has 4 heteroatoms. The number of rotatable bonds is 3. The number of benzene rings is 1. The minimum Gasteiger partial charge on any atom is -0.369 e. The highest BCUT2D eigenvalue weighted by atomic mass is 19.1. The predicted molar refractivity (Wildman–Crippen MR) is 59.2 cm³/mol. The lowest BCUT2D eigenvalue weighted by atomic mass is 10.2. The highest BCUT2D eigenvalue weighted by Gasteiger charge is 2.11. The van der Waals surface area contributed by atoms with E-state index in [9.17, 15) is 9.50 Å². The summed E-state index contributed by atoms with van der Waals surface area (Å²) in [5, 5.41) is 12.5. The molecule has 82 valence electrons. The Balaban J connectivity index is 2.15. The maximum Gasteiger partial charge on any atom is 0.153 e. The molecular formula is C12H11FN2O. The van der Waals surface area contributed by atoms with Gasteiger partial charge in [-0.2, -0.15) is 0 Å². The van der Waals surface area contributed by atoms with Gasteiger partial charge in [0.1, 0.15) is 5.82 Å². The fourth-order valence-corrected chi connectivity index (χ4v) is 1.38. The van der Waals surface area contributed by atoms with E-state index in [2.05, 4.69) is 10.3 Å². The van der Waals surface area contributed by atoms with Crippen LogP contribution in [0.5, 0.6) is 0 Å². The summed E-state index contributed by atoms with van der Waals surface area (Å²) in [6.07, 6.45) is 2.11. The van der Waals surface area contributed by atoms with Gasteiger partial charge in [0.2, 0.25) is 0 Å². The van der Waals surface area contributed by atoms with Crippen molar-refractivity contribution in [2.24, 2.45) is 0 Å². The Morgan fingerprint density at radius 1 is 1.19 bits per heavy atom. The van der Waals surface area contributed by atoms with Gasteiger partial charge in [-0.15, -0.1) is 0 Å². The number of aliphatic hydroxyl groups excluding tert-OH is 1. The third-order valence-corrected chi connectivity index (χ3v) is 2.16. The number of hydrogen-bond acceptors (Lipinski definition) is 3. The molecule has 0 fully saturated rings. The zero-order valence-corrected chi connectivity index (χ0v) is 8.47. The molecular weight excluding hydrogens is 207 g/mol. The molecule has 0 saturated heterocycles. The van der Waals surface area contributed by atoms with Gasteiger partial charge in [-0.05, 0) is 18.2 Å². The van der Waals surface area contributed by atoms with Crippen LogP contribution >= 0.6 is 0 Å². The van der Waals surface area contributed by atoms with Crippen molar-refractivity contribution in [3.63, 3.8) is 0 Å². The van der Waals surface area contributed by atoms with Crippen LogP contribution in [0.4, 0.5) is 10.1 Å². The van der Waals surface area contributed by atoms with E-state index in [1.807, 2.05) is 0 Å². The summed E-state index contributed by atoms with van der Waals surface area (Å²) in [6.45, 7) is 0. The maximum atomic E-state index is 13.3. The molecule has 0 aliphatic heterocycles. The van der Waals surface area contributed by atoms with E-state index in [0.29, 0.717) is 5.69 Å². The minimum atomic E-state index is -1.08. The number of hydrogen-bond donors (Lipinski definition) is 2. The first-order valence-corrected chi connectivity index (χ1v) is 4.86. The first-order valence-electron chi connectivity index (χ1n) is 4.86. The molecule has 16 heavy (non-hydrogen) atoms. The first-order chi connectivity index (χ1) is 7.77. The monoisotopic (exact) mass is 218 g/mol. The first kappa shape index (κ1) is 10.6. The Labute approximate surface area is 92.6 Å². The minimum absolute atomic E-state index is 0.214. The molecule has 0 radical (unpaired) electrons. The van der Waals surface area contributed by atoms with Crippen LogP contribution in [0.1, 0.15) is 11.8 Å². The van der Waals surface area contributed by atoms with E-state index >= 15 is 0 Å². The average molecular weight is 218 g/mol. The molecule has 1 heterocycles. The second-order valence-electron chi connectivity index (χ2n) is 3.31. The van der Waals surface area contributed by atoms with Crippen LogP contribution in [0.3, 0.4) is 0 Å². The molecule has 0 bridgehead atoms. The number of aliphatic hydroxyl groups is 1. The molecule has 0 spiro atoms. The Kier molecular flexibility index (Phi) is 3.12. The molecule has 0 aliphatic rings. The Bertz CT molecular complexity index is 462. The average Bonchev–Trinajstić information content (AvgIpc) is 2.31. The second kappa shape index (κ2) is 4.72. The lowest BCUT2D eigenvalue weighted by Crippen LogP contribution is -2.11. The molecule has 1 aromatic heterocycles. The number of aromatic nitrogens is 1. The largest absolute Gasteiger partial charge is 0.369 e. The summed E-state index contributed by atoms with van der Waals surface area (Å²) in [5.41, 5.74) is 0.851. The van der Waals surface area contributed by atoms with Crippen LogP contribution in [-0.4, -0.2) is 10.1 Å². The molecule has 0 aliphatic carbocycles. The molecule has 1 aromatic carbocycles. The van der Waals surface area contributed by atoms with Crippen molar-refractivity contribution in [1.29, 1.82) is 0 Å². The van der Waals surface area contributed by atoms with Crippen molar-refractivity contribution in [2.45, 2.75) is 6.23 Å². The van der Waals surface area contributed by atoms with Crippen molar-refractivity contribution >= 4 is 5.69 Å².